The fraction of sp³-hybridized carbons (Fsp3) is 0.667. The molecule has 1 heterocycles. The smallest absolute Gasteiger partial charge is 0.171 e. The molecule has 0 amide bonds. The van der Waals surface area contributed by atoms with Crippen LogP contribution in [0.3, 0.4) is 0 Å². The van der Waals surface area contributed by atoms with Crippen LogP contribution in [0.5, 0.6) is 0 Å². The first kappa shape index (κ1) is 19.1. The Labute approximate surface area is 123 Å². The molecular formula is C15H27NO3S. The van der Waals surface area contributed by atoms with Gasteiger partial charge in [-0.3, -0.25) is 0 Å². The Morgan fingerprint density at radius 3 is 2.25 bits per heavy atom. The third-order valence-corrected chi connectivity index (χ3v) is 2.78. The number of hydrogen-bond acceptors (Lipinski definition) is 3. The lowest BCUT2D eigenvalue weighted by atomic mass is 10.1. The summed E-state index contributed by atoms with van der Waals surface area (Å²) in [6.45, 7) is 5.59. The van der Waals surface area contributed by atoms with Gasteiger partial charge in [-0.15, -0.1) is 0 Å². The molecule has 1 rings (SSSR count). The van der Waals surface area contributed by atoms with Gasteiger partial charge in [-0.2, -0.15) is 0 Å². The van der Waals surface area contributed by atoms with Gasteiger partial charge in [0, 0.05) is 24.3 Å². The Bertz CT molecular complexity index is 450. The van der Waals surface area contributed by atoms with Crippen LogP contribution >= 0.6 is 0 Å². The normalized spacial score (nSPS) is 10.8. The van der Waals surface area contributed by atoms with E-state index in [-0.39, 0.29) is 0 Å². The molecule has 0 bridgehead atoms. The molecule has 0 aliphatic carbocycles. The van der Waals surface area contributed by atoms with E-state index >= 15 is 0 Å². The average Bonchev–Trinajstić information content (AvgIpc) is 2.32. The van der Waals surface area contributed by atoms with E-state index in [1.165, 1.54) is 50.6 Å². The molecule has 0 aliphatic rings. The van der Waals surface area contributed by atoms with E-state index in [1.54, 1.807) is 0 Å². The first-order valence-corrected chi connectivity index (χ1v) is 9.01. The number of pyridine rings is 1. The van der Waals surface area contributed by atoms with Gasteiger partial charge in [0.05, 0.1) is 10.1 Å². The van der Waals surface area contributed by atoms with Crippen LogP contribution in [-0.4, -0.2) is 19.2 Å². The second-order valence-corrected chi connectivity index (χ2v) is 6.50. The highest BCUT2D eigenvalue weighted by Crippen LogP contribution is 2.04. The van der Waals surface area contributed by atoms with Crippen LogP contribution < -0.4 is 4.57 Å². The summed E-state index contributed by atoms with van der Waals surface area (Å²) in [6.07, 6.45) is 13.2. The minimum Gasteiger partial charge on any atom is -0.748 e. The Hall–Kier alpha value is -0.940. The quantitative estimate of drug-likeness (QED) is 0.442. The summed E-state index contributed by atoms with van der Waals surface area (Å²) in [5.41, 5.74) is 1.35. The molecule has 0 fully saturated rings. The molecule has 0 aromatic carbocycles. The van der Waals surface area contributed by atoms with Gasteiger partial charge < -0.3 is 4.55 Å². The summed E-state index contributed by atoms with van der Waals surface area (Å²) >= 11 is 0. The largest absolute Gasteiger partial charge is 0.748 e. The van der Waals surface area contributed by atoms with Gasteiger partial charge in [0.25, 0.3) is 0 Å². The van der Waals surface area contributed by atoms with Crippen LogP contribution in [0, 0.1) is 6.92 Å². The van der Waals surface area contributed by atoms with E-state index < -0.39 is 10.1 Å². The van der Waals surface area contributed by atoms with Gasteiger partial charge in [-0.1, -0.05) is 32.6 Å². The second-order valence-electron chi connectivity index (χ2n) is 5.09. The molecule has 0 radical (unpaired) electrons. The second kappa shape index (κ2) is 10.8. The summed E-state index contributed by atoms with van der Waals surface area (Å²) in [4.78, 5) is 0. The van der Waals surface area contributed by atoms with Crippen molar-refractivity contribution in [2.75, 3.05) is 6.26 Å². The van der Waals surface area contributed by atoms with Gasteiger partial charge in [-0.25, -0.2) is 13.0 Å². The molecule has 5 heteroatoms. The summed E-state index contributed by atoms with van der Waals surface area (Å²) in [5.74, 6) is 0. The molecule has 20 heavy (non-hydrogen) atoms. The number of hydrogen-bond donors (Lipinski definition) is 0. The number of aryl methyl sites for hydroxylation is 2. The van der Waals surface area contributed by atoms with Crippen LogP contribution in [0.4, 0.5) is 0 Å². The van der Waals surface area contributed by atoms with Gasteiger partial charge in [0.1, 0.15) is 6.54 Å². The zero-order valence-electron chi connectivity index (χ0n) is 12.8. The van der Waals surface area contributed by atoms with Gasteiger partial charge in [0.2, 0.25) is 0 Å². The summed E-state index contributed by atoms with van der Waals surface area (Å²) in [5, 5.41) is 0. The molecule has 1 aromatic heterocycles. The maximum absolute atomic E-state index is 9.08. The number of unbranched alkanes of at least 4 members (excludes halogenated alkanes) is 5. The van der Waals surface area contributed by atoms with Crippen molar-refractivity contribution >= 4 is 10.1 Å². The summed E-state index contributed by atoms with van der Waals surface area (Å²) in [7, 11) is -3.92. The Morgan fingerprint density at radius 2 is 1.70 bits per heavy atom. The zero-order valence-corrected chi connectivity index (χ0v) is 13.7. The molecule has 0 N–H and O–H groups in total. The Balaban J connectivity index is 0.000000621. The maximum Gasteiger partial charge on any atom is 0.171 e. The van der Waals surface area contributed by atoms with E-state index in [2.05, 4.69) is 42.9 Å². The van der Waals surface area contributed by atoms with Gasteiger partial charge in [-0.05, 0) is 19.4 Å². The van der Waals surface area contributed by atoms with Crippen LogP contribution in [-0.2, 0) is 16.7 Å². The molecule has 0 atom stereocenters. The van der Waals surface area contributed by atoms with Crippen LogP contribution in [0.15, 0.2) is 24.5 Å². The number of rotatable bonds is 7. The lowest BCUT2D eigenvalue weighted by Gasteiger charge is -1.99. The molecular weight excluding hydrogens is 274 g/mol. The third kappa shape index (κ3) is 15.1. The predicted octanol–water partition coefficient (Wildman–Crippen LogP) is 2.80. The predicted molar refractivity (Wildman–Crippen MR) is 80.4 cm³/mol. The highest BCUT2D eigenvalue weighted by molar-refractivity contribution is 7.84. The lowest BCUT2D eigenvalue weighted by Crippen LogP contribution is -2.32. The van der Waals surface area contributed by atoms with Crippen molar-refractivity contribution < 1.29 is 17.5 Å². The summed E-state index contributed by atoms with van der Waals surface area (Å²) < 4.78 is 29.5. The van der Waals surface area contributed by atoms with E-state index in [0.29, 0.717) is 6.26 Å². The van der Waals surface area contributed by atoms with Crippen molar-refractivity contribution in [2.24, 2.45) is 0 Å². The van der Waals surface area contributed by atoms with Crippen molar-refractivity contribution in [3.8, 4) is 0 Å². The fourth-order valence-electron chi connectivity index (χ4n) is 1.87. The molecule has 1 aromatic rings. The Kier molecular flexibility index (Phi) is 10.3. The monoisotopic (exact) mass is 301 g/mol. The maximum atomic E-state index is 9.08. The molecule has 4 nitrogen and oxygen atoms in total. The highest BCUT2D eigenvalue weighted by Gasteiger charge is 1.99. The summed E-state index contributed by atoms with van der Waals surface area (Å²) in [6, 6.07) is 4.28. The first-order chi connectivity index (χ1) is 9.33. The third-order valence-electron chi connectivity index (χ3n) is 2.78. The van der Waals surface area contributed by atoms with Crippen LogP contribution in [0.2, 0.25) is 0 Å². The number of aromatic nitrogens is 1. The van der Waals surface area contributed by atoms with Crippen molar-refractivity contribution in [3.63, 3.8) is 0 Å². The zero-order chi connectivity index (χ0) is 15.4. The van der Waals surface area contributed by atoms with Crippen molar-refractivity contribution in [3.05, 3.63) is 30.1 Å². The van der Waals surface area contributed by atoms with Crippen molar-refractivity contribution in [1.29, 1.82) is 0 Å². The van der Waals surface area contributed by atoms with E-state index in [4.69, 9.17) is 13.0 Å². The average molecular weight is 301 g/mol. The topological polar surface area (TPSA) is 61.1 Å². The van der Waals surface area contributed by atoms with Crippen molar-refractivity contribution in [2.45, 2.75) is 58.9 Å². The first-order valence-electron chi connectivity index (χ1n) is 7.19. The van der Waals surface area contributed by atoms with Crippen LogP contribution in [0.25, 0.3) is 0 Å². The van der Waals surface area contributed by atoms with E-state index in [0.717, 1.165) is 0 Å². The fourth-order valence-corrected chi connectivity index (χ4v) is 1.87. The Morgan fingerprint density at radius 1 is 1.15 bits per heavy atom. The SMILES string of the molecule is CCCCCCCC[n+]1cccc(C)c1.CS(=O)(=O)[O-]. The minimum absolute atomic E-state index is 0.604. The molecule has 0 unspecified atom stereocenters. The molecule has 0 spiro atoms. The van der Waals surface area contributed by atoms with Gasteiger partial charge in [0.15, 0.2) is 12.4 Å². The van der Waals surface area contributed by atoms with E-state index in [1.807, 2.05) is 0 Å². The number of nitrogens with zero attached hydrogens (tertiary/aromatic N) is 1. The lowest BCUT2D eigenvalue weighted by molar-refractivity contribution is -0.697. The molecule has 0 saturated heterocycles. The standard InChI is InChI=1S/C14H24N.CH4O3S/c1-3-4-5-6-7-8-11-15-12-9-10-14(2)13-15;1-5(2,3)4/h9-10,12-13H,3-8,11H2,1-2H3;1H3,(H,2,3,4)/q+1;/p-1. The van der Waals surface area contributed by atoms with Crippen LogP contribution in [0.1, 0.15) is 51.0 Å². The molecule has 0 saturated carbocycles. The molecule has 116 valence electrons. The highest BCUT2D eigenvalue weighted by atomic mass is 32.2. The van der Waals surface area contributed by atoms with E-state index in [9.17, 15) is 0 Å². The van der Waals surface area contributed by atoms with Crippen molar-refractivity contribution in [1.82, 2.24) is 0 Å². The van der Waals surface area contributed by atoms with Gasteiger partial charge >= 0.3 is 0 Å². The minimum atomic E-state index is -3.92. The molecule has 0 aliphatic heterocycles.